The first-order valence-electron chi connectivity index (χ1n) is 9.27. The first-order chi connectivity index (χ1) is 14.5. The Kier molecular flexibility index (Phi) is 7.11. The molecule has 1 amide bonds. The Morgan fingerprint density at radius 1 is 1.40 bits per heavy atom. The molecule has 0 radical (unpaired) electrons. The number of nitrogens with zero attached hydrogens (tertiary/aromatic N) is 4. The van der Waals surface area contributed by atoms with Crippen LogP contribution in [0.2, 0.25) is 0 Å². The molecule has 11 nitrogen and oxygen atoms in total. The SMILES string of the molecule is COc1nc(-c2nnc(C(=O)N3CCC(OC)C3)cc2CCS)oc1NCC(=O)O. The summed E-state index contributed by atoms with van der Waals surface area (Å²) in [5, 5.41) is 19.7. The normalized spacial score (nSPS) is 16.0. The molecule has 0 aromatic carbocycles. The van der Waals surface area contributed by atoms with E-state index in [1.807, 2.05) is 0 Å². The van der Waals surface area contributed by atoms with Crippen LogP contribution in [-0.4, -0.2) is 82.8 Å². The summed E-state index contributed by atoms with van der Waals surface area (Å²) >= 11 is 4.28. The van der Waals surface area contributed by atoms with Crippen LogP contribution in [0, 0.1) is 0 Å². The molecule has 0 bridgehead atoms. The lowest BCUT2D eigenvalue weighted by molar-refractivity contribution is -0.134. The van der Waals surface area contributed by atoms with Crippen LogP contribution in [0.5, 0.6) is 5.88 Å². The molecule has 2 aromatic rings. The second-order valence-electron chi connectivity index (χ2n) is 6.58. The zero-order valence-corrected chi connectivity index (χ0v) is 17.5. The number of oxazole rings is 1. The quantitative estimate of drug-likeness (QED) is 0.486. The monoisotopic (exact) mass is 437 g/mol. The zero-order valence-electron chi connectivity index (χ0n) is 16.6. The van der Waals surface area contributed by atoms with Crippen molar-refractivity contribution in [3.05, 3.63) is 17.3 Å². The first-order valence-corrected chi connectivity index (χ1v) is 9.90. The number of carboxylic acids is 1. The standard InChI is InChI=1S/C18H23N5O6S/c1-27-11-3-5-23(9-11)18(26)12-7-10(4-6-30)14(22-21-12)15-20-17(28-2)16(29-15)19-8-13(24)25/h7,11,19,30H,3-6,8-9H2,1-2H3,(H,24,25). The Balaban J connectivity index is 1.88. The van der Waals surface area contributed by atoms with Gasteiger partial charge < -0.3 is 29.2 Å². The molecular formula is C18H23N5O6S. The van der Waals surface area contributed by atoms with Gasteiger partial charge in [-0.2, -0.15) is 17.6 Å². The lowest BCUT2D eigenvalue weighted by atomic mass is 10.1. The molecule has 2 N–H and O–H groups in total. The maximum absolute atomic E-state index is 12.8. The van der Waals surface area contributed by atoms with Gasteiger partial charge in [-0.05, 0) is 30.2 Å². The molecule has 162 valence electrons. The van der Waals surface area contributed by atoms with Gasteiger partial charge in [-0.1, -0.05) is 0 Å². The molecule has 0 spiro atoms. The first kappa shape index (κ1) is 21.8. The third-order valence-corrected chi connectivity index (χ3v) is 4.85. The van der Waals surface area contributed by atoms with Gasteiger partial charge in [0.2, 0.25) is 0 Å². The molecule has 2 aromatic heterocycles. The van der Waals surface area contributed by atoms with Gasteiger partial charge in [-0.3, -0.25) is 9.59 Å². The Morgan fingerprint density at radius 2 is 2.20 bits per heavy atom. The summed E-state index contributed by atoms with van der Waals surface area (Å²) in [6, 6.07) is 1.65. The molecule has 1 unspecified atom stereocenters. The fourth-order valence-electron chi connectivity index (χ4n) is 3.11. The fourth-order valence-corrected chi connectivity index (χ4v) is 3.35. The number of anilines is 1. The molecule has 1 aliphatic rings. The summed E-state index contributed by atoms with van der Waals surface area (Å²) in [5.41, 5.74) is 1.23. The minimum Gasteiger partial charge on any atom is -0.480 e. The van der Waals surface area contributed by atoms with Crippen molar-refractivity contribution in [1.82, 2.24) is 20.1 Å². The highest BCUT2D eigenvalue weighted by molar-refractivity contribution is 7.80. The van der Waals surface area contributed by atoms with E-state index in [1.165, 1.54) is 7.11 Å². The summed E-state index contributed by atoms with van der Waals surface area (Å²) < 4.78 is 16.1. The van der Waals surface area contributed by atoms with E-state index in [1.54, 1.807) is 18.1 Å². The third kappa shape index (κ3) is 4.82. The number of methoxy groups -OCH3 is 2. The van der Waals surface area contributed by atoms with Crippen molar-refractivity contribution in [2.75, 3.05) is 44.9 Å². The number of ether oxygens (including phenoxy) is 2. The largest absolute Gasteiger partial charge is 0.480 e. The fraction of sp³-hybridized carbons (Fsp3) is 0.500. The topological polar surface area (TPSA) is 140 Å². The molecule has 1 saturated heterocycles. The molecule has 3 heterocycles. The van der Waals surface area contributed by atoms with Gasteiger partial charge in [0.1, 0.15) is 6.54 Å². The number of rotatable bonds is 9. The van der Waals surface area contributed by atoms with Gasteiger partial charge in [-0.15, -0.1) is 10.2 Å². The molecule has 1 fully saturated rings. The van der Waals surface area contributed by atoms with Crippen LogP contribution in [0.3, 0.4) is 0 Å². The number of carboxylic acid groups (broad SMARTS) is 1. The Hall–Kier alpha value is -2.86. The number of amides is 1. The van der Waals surface area contributed by atoms with E-state index in [0.717, 1.165) is 6.42 Å². The molecule has 30 heavy (non-hydrogen) atoms. The lowest BCUT2D eigenvalue weighted by Gasteiger charge is -2.16. The molecular weight excluding hydrogens is 414 g/mol. The summed E-state index contributed by atoms with van der Waals surface area (Å²) in [4.78, 5) is 29.5. The molecule has 0 aliphatic carbocycles. The van der Waals surface area contributed by atoms with Gasteiger partial charge in [0.15, 0.2) is 11.4 Å². The molecule has 1 atom stereocenters. The number of carbonyl (C=O) groups excluding carboxylic acids is 1. The summed E-state index contributed by atoms with van der Waals surface area (Å²) in [6.07, 6.45) is 1.30. The van der Waals surface area contributed by atoms with Crippen LogP contribution < -0.4 is 10.1 Å². The number of likely N-dealkylation sites (tertiary alicyclic amines) is 1. The minimum atomic E-state index is -1.06. The molecule has 1 aliphatic heterocycles. The Labute approximate surface area is 178 Å². The second kappa shape index (κ2) is 9.76. The number of carbonyl (C=O) groups is 2. The Bertz CT molecular complexity index is 920. The van der Waals surface area contributed by atoms with Crippen molar-refractivity contribution in [3.8, 4) is 17.5 Å². The van der Waals surface area contributed by atoms with Crippen molar-refractivity contribution in [2.45, 2.75) is 18.9 Å². The summed E-state index contributed by atoms with van der Waals surface area (Å²) in [5.74, 6) is -0.523. The van der Waals surface area contributed by atoms with Crippen molar-refractivity contribution < 1.29 is 28.6 Å². The summed E-state index contributed by atoms with van der Waals surface area (Å²) in [6.45, 7) is 0.736. The van der Waals surface area contributed by atoms with E-state index in [4.69, 9.17) is 19.0 Å². The van der Waals surface area contributed by atoms with Gasteiger partial charge in [0.05, 0.1) is 13.2 Å². The molecule has 3 rings (SSSR count). The number of aromatic nitrogens is 3. The number of hydrogen-bond acceptors (Lipinski definition) is 10. The van der Waals surface area contributed by atoms with Crippen LogP contribution in [0.1, 0.15) is 22.5 Å². The minimum absolute atomic E-state index is 0.0228. The average Bonchev–Trinajstić information content (AvgIpc) is 3.38. The smallest absolute Gasteiger partial charge is 0.322 e. The molecule has 12 heteroatoms. The van der Waals surface area contributed by atoms with Gasteiger partial charge in [0.25, 0.3) is 23.6 Å². The van der Waals surface area contributed by atoms with Gasteiger partial charge in [-0.25, -0.2) is 0 Å². The summed E-state index contributed by atoms with van der Waals surface area (Å²) in [7, 11) is 3.02. The lowest BCUT2D eigenvalue weighted by Crippen LogP contribution is -2.31. The van der Waals surface area contributed by atoms with E-state index < -0.39 is 5.97 Å². The zero-order chi connectivity index (χ0) is 21.7. The predicted octanol–water partition coefficient (Wildman–Crippen LogP) is 0.970. The van der Waals surface area contributed by atoms with Crippen LogP contribution >= 0.6 is 12.6 Å². The average molecular weight is 437 g/mol. The third-order valence-electron chi connectivity index (χ3n) is 4.63. The number of thiol groups is 1. The van der Waals surface area contributed by atoms with Gasteiger partial charge >= 0.3 is 5.97 Å². The molecule has 0 saturated carbocycles. The number of aliphatic carboxylic acids is 1. The van der Waals surface area contributed by atoms with Crippen LogP contribution in [-0.2, 0) is 16.0 Å². The highest BCUT2D eigenvalue weighted by Gasteiger charge is 2.29. The maximum Gasteiger partial charge on any atom is 0.322 e. The van der Waals surface area contributed by atoms with E-state index in [2.05, 4.69) is 33.1 Å². The Morgan fingerprint density at radius 3 is 2.83 bits per heavy atom. The van der Waals surface area contributed by atoms with E-state index in [0.29, 0.717) is 36.5 Å². The van der Waals surface area contributed by atoms with Crippen LogP contribution in [0.4, 0.5) is 5.88 Å². The van der Waals surface area contributed by atoms with Crippen LogP contribution in [0.25, 0.3) is 11.6 Å². The number of aryl methyl sites for hydroxylation is 1. The van der Waals surface area contributed by atoms with Crippen LogP contribution in [0.15, 0.2) is 10.5 Å². The van der Waals surface area contributed by atoms with E-state index in [9.17, 15) is 9.59 Å². The number of nitrogens with one attached hydrogen (secondary N) is 1. The predicted molar refractivity (Wildman–Crippen MR) is 109 cm³/mol. The van der Waals surface area contributed by atoms with Crippen molar-refractivity contribution in [1.29, 1.82) is 0 Å². The van der Waals surface area contributed by atoms with Crippen molar-refractivity contribution >= 4 is 30.4 Å². The van der Waals surface area contributed by atoms with E-state index in [-0.39, 0.29) is 41.9 Å². The van der Waals surface area contributed by atoms with Crippen molar-refractivity contribution in [2.24, 2.45) is 0 Å². The van der Waals surface area contributed by atoms with Gasteiger partial charge in [0, 0.05) is 20.2 Å². The second-order valence-corrected chi connectivity index (χ2v) is 7.03. The number of hydrogen-bond donors (Lipinski definition) is 3. The maximum atomic E-state index is 12.8. The van der Waals surface area contributed by atoms with E-state index >= 15 is 0 Å². The highest BCUT2D eigenvalue weighted by atomic mass is 32.1. The van der Waals surface area contributed by atoms with Crippen molar-refractivity contribution in [3.63, 3.8) is 0 Å². The highest BCUT2D eigenvalue weighted by Crippen LogP contribution is 2.31.